The van der Waals surface area contributed by atoms with Crippen LogP contribution in [0.25, 0.3) is 0 Å². The largest absolute Gasteiger partial charge is 0.396 e. The minimum Gasteiger partial charge on any atom is -0.396 e. The molecule has 1 aliphatic rings. The van der Waals surface area contributed by atoms with Gasteiger partial charge in [0, 0.05) is 37.2 Å². The van der Waals surface area contributed by atoms with E-state index in [2.05, 4.69) is 51.8 Å². The Bertz CT molecular complexity index is 344. The first-order valence-electron chi connectivity index (χ1n) is 8.47. The van der Waals surface area contributed by atoms with E-state index >= 15 is 0 Å². The van der Waals surface area contributed by atoms with Crippen molar-refractivity contribution in [1.29, 1.82) is 0 Å². The van der Waals surface area contributed by atoms with Crippen LogP contribution in [0.5, 0.6) is 0 Å². The Morgan fingerprint density at radius 2 is 1.90 bits per heavy atom. The number of guanidine groups is 1. The predicted molar refractivity (Wildman–Crippen MR) is 90.6 cm³/mol. The highest BCUT2D eigenvalue weighted by molar-refractivity contribution is 5.82. The van der Waals surface area contributed by atoms with E-state index in [0.717, 1.165) is 44.9 Å². The van der Waals surface area contributed by atoms with Gasteiger partial charge in [-0.2, -0.15) is 0 Å². The minimum absolute atomic E-state index is 0.130. The minimum atomic E-state index is 0.130. The van der Waals surface area contributed by atoms with Gasteiger partial charge in [-0.25, -0.2) is 0 Å². The zero-order valence-corrected chi connectivity index (χ0v) is 14.9. The van der Waals surface area contributed by atoms with Gasteiger partial charge >= 0.3 is 0 Å². The normalized spacial score (nSPS) is 21.9. The third-order valence-electron chi connectivity index (χ3n) is 5.21. The van der Waals surface area contributed by atoms with Gasteiger partial charge < -0.3 is 15.3 Å². The molecular formula is C17H35N3O. The molecule has 0 bridgehead atoms. The van der Waals surface area contributed by atoms with Gasteiger partial charge in [-0.15, -0.1) is 0 Å². The van der Waals surface area contributed by atoms with E-state index in [4.69, 9.17) is 4.99 Å². The number of nitrogens with zero attached hydrogens (tertiary/aromatic N) is 2. The van der Waals surface area contributed by atoms with Crippen molar-refractivity contribution in [3.05, 3.63) is 0 Å². The molecule has 0 radical (unpaired) electrons. The SMILES string of the molecule is CCCC(CCO)CN=C(NCC)N1CC(C)(C)C1(C)C. The molecule has 1 atom stereocenters. The van der Waals surface area contributed by atoms with Crippen molar-refractivity contribution in [1.82, 2.24) is 10.2 Å². The van der Waals surface area contributed by atoms with Gasteiger partial charge in [-0.05, 0) is 39.5 Å². The maximum atomic E-state index is 9.18. The van der Waals surface area contributed by atoms with Crippen LogP contribution in [0.4, 0.5) is 0 Å². The Morgan fingerprint density at radius 3 is 2.33 bits per heavy atom. The first-order chi connectivity index (χ1) is 9.80. The lowest BCUT2D eigenvalue weighted by molar-refractivity contribution is -0.0668. The van der Waals surface area contributed by atoms with Crippen LogP contribution in [-0.4, -0.2) is 47.7 Å². The van der Waals surface area contributed by atoms with Crippen LogP contribution in [0.2, 0.25) is 0 Å². The van der Waals surface area contributed by atoms with Crippen molar-refractivity contribution in [3.63, 3.8) is 0 Å². The van der Waals surface area contributed by atoms with Gasteiger partial charge in [0.1, 0.15) is 0 Å². The van der Waals surface area contributed by atoms with Crippen molar-refractivity contribution >= 4 is 5.96 Å². The standard InChI is InChI=1S/C17H35N3O/c1-7-9-14(10-11-21)12-19-15(18-8-2)20-13-16(3,4)17(20,5)6/h14,21H,7-13H2,1-6H3,(H,18,19). The van der Waals surface area contributed by atoms with Crippen molar-refractivity contribution < 1.29 is 5.11 Å². The summed E-state index contributed by atoms with van der Waals surface area (Å²) in [5.74, 6) is 1.52. The highest BCUT2D eigenvalue weighted by Crippen LogP contribution is 2.46. The Labute approximate surface area is 131 Å². The fourth-order valence-electron chi connectivity index (χ4n) is 2.93. The lowest BCUT2D eigenvalue weighted by Crippen LogP contribution is -2.72. The highest BCUT2D eigenvalue weighted by Gasteiger charge is 2.53. The lowest BCUT2D eigenvalue weighted by Gasteiger charge is -2.62. The van der Waals surface area contributed by atoms with Gasteiger partial charge in [0.05, 0.1) is 0 Å². The number of likely N-dealkylation sites (tertiary alicyclic amines) is 1. The summed E-state index contributed by atoms with van der Waals surface area (Å²) in [6.07, 6.45) is 3.14. The summed E-state index contributed by atoms with van der Waals surface area (Å²) < 4.78 is 0. The number of hydrogen-bond acceptors (Lipinski definition) is 2. The fraction of sp³-hybridized carbons (Fsp3) is 0.941. The van der Waals surface area contributed by atoms with Crippen molar-refractivity contribution in [2.75, 3.05) is 26.2 Å². The van der Waals surface area contributed by atoms with Crippen LogP contribution in [0.15, 0.2) is 4.99 Å². The summed E-state index contributed by atoms with van der Waals surface area (Å²) in [5, 5.41) is 12.6. The number of rotatable bonds is 7. The van der Waals surface area contributed by atoms with Crippen LogP contribution in [0.1, 0.15) is 60.8 Å². The average Bonchev–Trinajstić information content (AvgIpc) is 2.41. The zero-order valence-electron chi connectivity index (χ0n) is 14.9. The Hall–Kier alpha value is -0.770. The molecule has 1 unspecified atom stereocenters. The molecule has 1 fully saturated rings. The molecule has 4 nitrogen and oxygen atoms in total. The Kier molecular flexibility index (Phi) is 6.51. The van der Waals surface area contributed by atoms with Crippen molar-refractivity contribution in [2.45, 2.75) is 66.3 Å². The van der Waals surface area contributed by atoms with E-state index in [1.165, 1.54) is 0 Å². The molecule has 0 saturated carbocycles. The maximum Gasteiger partial charge on any atom is 0.194 e. The maximum absolute atomic E-state index is 9.18. The second-order valence-electron chi connectivity index (χ2n) is 7.39. The second kappa shape index (κ2) is 7.48. The molecule has 1 aliphatic heterocycles. The molecule has 0 amide bonds. The molecule has 0 aromatic carbocycles. The lowest BCUT2D eigenvalue weighted by atomic mass is 9.65. The summed E-state index contributed by atoms with van der Waals surface area (Å²) in [5.41, 5.74) is 0.447. The predicted octanol–water partition coefficient (Wildman–Crippen LogP) is 2.87. The molecule has 124 valence electrons. The number of aliphatic hydroxyl groups excluding tert-OH is 1. The highest BCUT2D eigenvalue weighted by atomic mass is 16.3. The van der Waals surface area contributed by atoms with Gasteiger partial charge in [0.2, 0.25) is 0 Å². The van der Waals surface area contributed by atoms with Crippen molar-refractivity contribution in [2.24, 2.45) is 16.3 Å². The van der Waals surface area contributed by atoms with Crippen molar-refractivity contribution in [3.8, 4) is 0 Å². The zero-order chi connectivity index (χ0) is 16.1. The molecule has 4 heteroatoms. The third kappa shape index (κ3) is 4.12. The molecule has 1 rings (SSSR count). The topological polar surface area (TPSA) is 47.9 Å². The van der Waals surface area contributed by atoms with Gasteiger partial charge in [-0.3, -0.25) is 4.99 Å². The van der Waals surface area contributed by atoms with E-state index in [1.807, 2.05) is 0 Å². The van der Waals surface area contributed by atoms with Crippen LogP contribution >= 0.6 is 0 Å². The monoisotopic (exact) mass is 297 g/mol. The average molecular weight is 297 g/mol. The van der Waals surface area contributed by atoms with E-state index in [9.17, 15) is 5.11 Å². The molecule has 1 saturated heterocycles. The summed E-state index contributed by atoms with van der Waals surface area (Å²) >= 11 is 0. The van der Waals surface area contributed by atoms with Crippen LogP contribution in [0.3, 0.4) is 0 Å². The molecule has 0 aromatic heterocycles. The Balaban J connectivity index is 2.75. The summed E-state index contributed by atoms with van der Waals surface area (Å²) in [4.78, 5) is 7.24. The molecule has 2 N–H and O–H groups in total. The summed E-state index contributed by atoms with van der Waals surface area (Å²) in [6, 6.07) is 0. The van der Waals surface area contributed by atoms with E-state index in [1.54, 1.807) is 0 Å². The van der Waals surface area contributed by atoms with Gasteiger partial charge in [0.25, 0.3) is 0 Å². The molecule has 0 spiro atoms. The fourth-order valence-corrected chi connectivity index (χ4v) is 2.93. The molecule has 0 aliphatic carbocycles. The molecular weight excluding hydrogens is 262 g/mol. The molecule has 1 heterocycles. The van der Waals surface area contributed by atoms with E-state index < -0.39 is 0 Å². The van der Waals surface area contributed by atoms with E-state index in [-0.39, 0.29) is 12.1 Å². The summed E-state index contributed by atoms with van der Waals surface area (Å²) in [7, 11) is 0. The van der Waals surface area contributed by atoms with Crippen LogP contribution in [0, 0.1) is 11.3 Å². The quantitative estimate of drug-likeness (QED) is 0.561. The number of hydrogen-bond donors (Lipinski definition) is 2. The first-order valence-corrected chi connectivity index (χ1v) is 8.47. The smallest absolute Gasteiger partial charge is 0.194 e. The number of nitrogens with one attached hydrogen (secondary N) is 1. The van der Waals surface area contributed by atoms with Gasteiger partial charge in [-0.1, -0.05) is 27.2 Å². The second-order valence-corrected chi connectivity index (χ2v) is 7.39. The first kappa shape index (κ1) is 18.3. The van der Waals surface area contributed by atoms with Crippen LogP contribution in [-0.2, 0) is 0 Å². The molecule has 21 heavy (non-hydrogen) atoms. The van der Waals surface area contributed by atoms with Crippen LogP contribution < -0.4 is 5.32 Å². The summed E-state index contributed by atoms with van der Waals surface area (Å²) in [6.45, 7) is 16.5. The van der Waals surface area contributed by atoms with E-state index in [0.29, 0.717) is 11.3 Å². The number of aliphatic hydroxyl groups is 1. The Morgan fingerprint density at radius 1 is 1.24 bits per heavy atom. The number of aliphatic imine (C=N–C) groups is 1. The van der Waals surface area contributed by atoms with Gasteiger partial charge in [0.15, 0.2) is 5.96 Å². The molecule has 0 aromatic rings. The third-order valence-corrected chi connectivity index (χ3v) is 5.21.